The number of benzene rings is 1. The number of aryl methyl sites for hydroxylation is 1. The van der Waals surface area contributed by atoms with E-state index in [0.717, 1.165) is 5.56 Å². The van der Waals surface area contributed by atoms with Crippen molar-refractivity contribution in [3.8, 4) is 0 Å². The maximum atomic E-state index is 11.9. The van der Waals surface area contributed by atoms with Gasteiger partial charge in [0.2, 0.25) is 15.9 Å². The number of esters is 1. The van der Waals surface area contributed by atoms with Crippen molar-refractivity contribution in [3.05, 3.63) is 29.8 Å². The Bertz CT molecular complexity index is 610. The van der Waals surface area contributed by atoms with E-state index in [2.05, 4.69) is 14.8 Å². The number of methoxy groups -OCH3 is 1. The van der Waals surface area contributed by atoms with Crippen LogP contribution in [0.1, 0.15) is 12.5 Å². The first-order valence-corrected chi connectivity index (χ1v) is 7.68. The molecule has 8 heteroatoms. The lowest BCUT2D eigenvalue weighted by Crippen LogP contribution is -2.44. The number of carbonyl (C=O) groups excluding carboxylic acids is 2. The fourth-order valence-electron chi connectivity index (χ4n) is 1.49. The third-order valence-corrected chi connectivity index (χ3v) is 4.10. The highest BCUT2D eigenvalue weighted by molar-refractivity contribution is 7.89. The maximum absolute atomic E-state index is 11.9. The summed E-state index contributed by atoms with van der Waals surface area (Å²) >= 11 is 0. The van der Waals surface area contributed by atoms with E-state index in [1.807, 2.05) is 6.92 Å². The van der Waals surface area contributed by atoms with Gasteiger partial charge in [0.15, 0.2) is 0 Å². The average Bonchev–Trinajstić information content (AvgIpc) is 2.44. The lowest BCUT2D eigenvalue weighted by atomic mass is 10.2. The molecule has 1 aromatic rings. The van der Waals surface area contributed by atoms with Crippen LogP contribution in [-0.4, -0.2) is 40.0 Å². The molecule has 0 spiro atoms. The Morgan fingerprint density at radius 1 is 1.24 bits per heavy atom. The van der Waals surface area contributed by atoms with Gasteiger partial charge in [0, 0.05) is 0 Å². The second-order valence-corrected chi connectivity index (χ2v) is 6.22. The zero-order valence-corrected chi connectivity index (χ0v) is 12.9. The molecule has 7 nitrogen and oxygen atoms in total. The Labute approximate surface area is 123 Å². The molecule has 0 aliphatic carbocycles. The van der Waals surface area contributed by atoms with E-state index in [1.165, 1.54) is 26.2 Å². The molecule has 0 aromatic heterocycles. The van der Waals surface area contributed by atoms with Crippen molar-refractivity contribution in [2.75, 3.05) is 13.7 Å². The number of hydrogen-bond acceptors (Lipinski definition) is 5. The molecule has 0 aliphatic heterocycles. The van der Waals surface area contributed by atoms with Crippen LogP contribution < -0.4 is 10.0 Å². The van der Waals surface area contributed by atoms with Crippen LogP contribution in [0.2, 0.25) is 0 Å². The second-order valence-electron chi connectivity index (χ2n) is 4.45. The fraction of sp³-hybridized carbons (Fsp3) is 0.385. The number of amides is 1. The van der Waals surface area contributed by atoms with E-state index < -0.39 is 34.5 Å². The van der Waals surface area contributed by atoms with Crippen LogP contribution in [0.25, 0.3) is 0 Å². The molecule has 1 atom stereocenters. The first-order chi connectivity index (χ1) is 9.76. The molecule has 0 radical (unpaired) electrons. The highest BCUT2D eigenvalue weighted by Crippen LogP contribution is 2.09. The minimum atomic E-state index is -3.76. The molecule has 21 heavy (non-hydrogen) atoms. The minimum Gasteiger partial charge on any atom is -0.467 e. The molecule has 0 aliphatic rings. The van der Waals surface area contributed by atoms with Gasteiger partial charge >= 0.3 is 5.97 Å². The summed E-state index contributed by atoms with van der Waals surface area (Å²) in [6.45, 7) is 2.82. The van der Waals surface area contributed by atoms with Gasteiger partial charge in [-0.3, -0.25) is 4.79 Å². The van der Waals surface area contributed by atoms with Gasteiger partial charge in [0.25, 0.3) is 0 Å². The Morgan fingerprint density at radius 2 is 1.81 bits per heavy atom. The smallest absolute Gasteiger partial charge is 0.328 e. The monoisotopic (exact) mass is 314 g/mol. The van der Waals surface area contributed by atoms with E-state index in [1.54, 1.807) is 12.1 Å². The molecule has 1 aromatic carbocycles. The highest BCUT2D eigenvalue weighted by atomic mass is 32.2. The number of hydrogen-bond donors (Lipinski definition) is 2. The highest BCUT2D eigenvalue weighted by Gasteiger charge is 2.18. The van der Waals surface area contributed by atoms with Crippen LogP contribution in [0.15, 0.2) is 29.2 Å². The van der Waals surface area contributed by atoms with E-state index in [0.29, 0.717) is 0 Å². The predicted octanol–water partition coefficient (Wildman–Crippen LogP) is -0.0490. The predicted molar refractivity (Wildman–Crippen MR) is 76.0 cm³/mol. The van der Waals surface area contributed by atoms with Gasteiger partial charge in [-0.2, -0.15) is 0 Å². The lowest BCUT2D eigenvalue weighted by Gasteiger charge is -2.12. The molecule has 0 saturated carbocycles. The third kappa shape index (κ3) is 5.16. The van der Waals surface area contributed by atoms with Gasteiger partial charge in [0.05, 0.1) is 18.6 Å². The second kappa shape index (κ2) is 7.19. The van der Waals surface area contributed by atoms with E-state index in [-0.39, 0.29) is 4.90 Å². The summed E-state index contributed by atoms with van der Waals surface area (Å²) in [5, 5.41) is 2.32. The molecule has 1 rings (SSSR count). The standard InChI is InChI=1S/C13H18N2O5S/c1-9-4-6-11(7-5-9)21(18,19)14-8-12(16)15-10(2)13(17)20-3/h4-7,10,14H,8H2,1-3H3,(H,15,16)/t10-/m0/s1. The van der Waals surface area contributed by atoms with Crippen LogP contribution in [0.3, 0.4) is 0 Å². The molecule has 0 heterocycles. The molecule has 0 bridgehead atoms. The Kier molecular flexibility index (Phi) is 5.86. The molecule has 1 amide bonds. The van der Waals surface area contributed by atoms with Crippen molar-refractivity contribution in [1.82, 2.24) is 10.0 Å². The first kappa shape index (κ1) is 17.1. The zero-order chi connectivity index (χ0) is 16.0. The normalized spacial score (nSPS) is 12.5. The summed E-state index contributed by atoms with van der Waals surface area (Å²) < 4.78 is 30.5. The minimum absolute atomic E-state index is 0.0712. The summed E-state index contributed by atoms with van der Waals surface area (Å²) in [5.41, 5.74) is 0.929. The lowest BCUT2D eigenvalue weighted by molar-refractivity contribution is -0.144. The topological polar surface area (TPSA) is 102 Å². The van der Waals surface area contributed by atoms with E-state index in [9.17, 15) is 18.0 Å². The van der Waals surface area contributed by atoms with Crippen molar-refractivity contribution in [3.63, 3.8) is 0 Å². The molecular weight excluding hydrogens is 296 g/mol. The quantitative estimate of drug-likeness (QED) is 0.717. The van der Waals surface area contributed by atoms with Crippen molar-refractivity contribution in [2.45, 2.75) is 24.8 Å². The number of ether oxygens (including phenoxy) is 1. The largest absolute Gasteiger partial charge is 0.467 e. The maximum Gasteiger partial charge on any atom is 0.328 e. The molecule has 0 saturated heterocycles. The summed E-state index contributed by atoms with van der Waals surface area (Å²) in [7, 11) is -2.56. The van der Waals surface area contributed by atoms with Gasteiger partial charge < -0.3 is 10.1 Å². The number of rotatable bonds is 6. The summed E-state index contributed by atoms with van der Waals surface area (Å²) in [5.74, 6) is -1.23. The summed E-state index contributed by atoms with van der Waals surface area (Å²) in [6, 6.07) is 5.38. The van der Waals surface area contributed by atoms with Gasteiger partial charge in [0.1, 0.15) is 6.04 Å². The number of carbonyl (C=O) groups is 2. The van der Waals surface area contributed by atoms with Gasteiger partial charge in [-0.25, -0.2) is 17.9 Å². The SMILES string of the molecule is COC(=O)[C@H](C)NC(=O)CNS(=O)(=O)c1ccc(C)cc1. The third-order valence-electron chi connectivity index (χ3n) is 2.69. The molecule has 2 N–H and O–H groups in total. The zero-order valence-electron chi connectivity index (χ0n) is 12.0. The molecule has 0 fully saturated rings. The molecule has 0 unspecified atom stereocenters. The average molecular weight is 314 g/mol. The van der Waals surface area contributed by atoms with Crippen molar-refractivity contribution < 1.29 is 22.7 Å². The van der Waals surface area contributed by atoms with Crippen LogP contribution in [0.5, 0.6) is 0 Å². The van der Waals surface area contributed by atoms with Crippen LogP contribution >= 0.6 is 0 Å². The van der Waals surface area contributed by atoms with Gasteiger partial charge in [-0.05, 0) is 26.0 Å². The van der Waals surface area contributed by atoms with Crippen LogP contribution in [0.4, 0.5) is 0 Å². The Balaban J connectivity index is 2.59. The van der Waals surface area contributed by atoms with Crippen molar-refractivity contribution in [1.29, 1.82) is 0 Å². The summed E-state index contributed by atoms with van der Waals surface area (Å²) in [4.78, 5) is 22.8. The molecular formula is C13H18N2O5S. The number of sulfonamides is 1. The van der Waals surface area contributed by atoms with Crippen molar-refractivity contribution in [2.24, 2.45) is 0 Å². The van der Waals surface area contributed by atoms with Gasteiger partial charge in [-0.1, -0.05) is 17.7 Å². The van der Waals surface area contributed by atoms with Crippen LogP contribution in [0, 0.1) is 6.92 Å². The van der Waals surface area contributed by atoms with Crippen molar-refractivity contribution >= 4 is 21.9 Å². The number of nitrogens with one attached hydrogen (secondary N) is 2. The molecule has 116 valence electrons. The Morgan fingerprint density at radius 3 is 2.33 bits per heavy atom. The van der Waals surface area contributed by atoms with E-state index >= 15 is 0 Å². The van der Waals surface area contributed by atoms with E-state index in [4.69, 9.17) is 0 Å². The Hall–Kier alpha value is -1.93. The summed E-state index contributed by atoms with van der Waals surface area (Å²) in [6.07, 6.45) is 0. The first-order valence-electron chi connectivity index (χ1n) is 6.20. The van der Waals surface area contributed by atoms with Crippen LogP contribution in [-0.2, 0) is 24.3 Å². The fourth-order valence-corrected chi connectivity index (χ4v) is 2.47. The van der Waals surface area contributed by atoms with Gasteiger partial charge in [-0.15, -0.1) is 0 Å².